The number of H-pyrrole nitrogens is 1. The molecule has 0 saturated heterocycles. The van der Waals surface area contributed by atoms with Gasteiger partial charge in [-0.3, -0.25) is 9.89 Å². The maximum absolute atomic E-state index is 12.0. The van der Waals surface area contributed by atoms with E-state index in [-0.39, 0.29) is 5.82 Å². The predicted octanol–water partition coefficient (Wildman–Crippen LogP) is 2.63. The number of nitrogens with zero attached hydrogens (tertiary/aromatic N) is 1. The van der Waals surface area contributed by atoms with Gasteiger partial charge < -0.3 is 15.8 Å². The number of nitrogen functional groups attached to an aromatic ring is 1. The number of anilines is 2. The average Bonchev–Trinajstić information content (AvgIpc) is 2.89. The molecule has 7 heteroatoms. The van der Waals surface area contributed by atoms with Gasteiger partial charge in [0, 0.05) is 11.8 Å². The quantitative estimate of drug-likeness (QED) is 0.692. The van der Waals surface area contributed by atoms with E-state index in [1.807, 2.05) is 30.3 Å². The normalized spacial score (nSPS) is 10.3. The van der Waals surface area contributed by atoms with E-state index >= 15 is 0 Å². The number of benzene rings is 2. The zero-order valence-electron chi connectivity index (χ0n) is 12.0. The smallest absolute Gasteiger partial charge is 0.348 e. The number of carbonyl (C=O) groups is 1. The number of para-hydroxylation sites is 1. The molecule has 3 rings (SSSR count). The van der Waals surface area contributed by atoms with Crippen LogP contribution in [-0.4, -0.2) is 15.8 Å². The van der Waals surface area contributed by atoms with Crippen LogP contribution in [-0.2, 0) is 0 Å². The third-order valence-electron chi connectivity index (χ3n) is 3.03. The Morgan fingerprint density at radius 2 is 1.70 bits per heavy atom. The summed E-state index contributed by atoms with van der Waals surface area (Å²) in [6, 6.07) is 16.6. The SMILES string of the molecule is Nc1cc(=O)n(C(=O)Nc2ccc(Oc3ccccc3)cc2)[nH]1. The highest BCUT2D eigenvalue weighted by molar-refractivity contribution is 5.90. The minimum atomic E-state index is -0.622. The number of hydrogen-bond acceptors (Lipinski definition) is 4. The van der Waals surface area contributed by atoms with E-state index in [0.717, 1.165) is 16.5 Å². The molecule has 2 aromatic carbocycles. The first-order chi connectivity index (χ1) is 11.1. The van der Waals surface area contributed by atoms with Crippen LogP contribution in [0.15, 0.2) is 65.5 Å². The van der Waals surface area contributed by atoms with E-state index in [1.165, 1.54) is 0 Å². The first-order valence-electron chi connectivity index (χ1n) is 6.84. The van der Waals surface area contributed by atoms with Crippen molar-refractivity contribution in [3.05, 3.63) is 71.0 Å². The molecular formula is C16H14N4O3. The van der Waals surface area contributed by atoms with Gasteiger partial charge in [0.25, 0.3) is 5.56 Å². The van der Waals surface area contributed by atoms with Crippen LogP contribution in [0.4, 0.5) is 16.3 Å². The van der Waals surface area contributed by atoms with E-state index in [0.29, 0.717) is 11.4 Å². The van der Waals surface area contributed by atoms with Crippen LogP contribution in [0, 0.1) is 0 Å². The lowest BCUT2D eigenvalue weighted by atomic mass is 10.3. The van der Waals surface area contributed by atoms with Gasteiger partial charge >= 0.3 is 6.03 Å². The second-order valence-corrected chi connectivity index (χ2v) is 4.75. The van der Waals surface area contributed by atoms with E-state index in [1.54, 1.807) is 24.3 Å². The minimum absolute atomic E-state index is 0.122. The summed E-state index contributed by atoms with van der Waals surface area (Å²) >= 11 is 0. The number of ether oxygens (including phenoxy) is 1. The summed E-state index contributed by atoms with van der Waals surface area (Å²) in [5, 5.41) is 5.04. The molecule has 4 N–H and O–H groups in total. The minimum Gasteiger partial charge on any atom is -0.457 e. The van der Waals surface area contributed by atoms with Crippen molar-refractivity contribution in [3.8, 4) is 11.5 Å². The van der Waals surface area contributed by atoms with Crippen LogP contribution in [0.25, 0.3) is 0 Å². The summed E-state index contributed by atoms with van der Waals surface area (Å²) in [5.74, 6) is 1.48. The zero-order chi connectivity index (χ0) is 16.2. The summed E-state index contributed by atoms with van der Waals surface area (Å²) in [5.41, 5.74) is 5.43. The summed E-state index contributed by atoms with van der Waals surface area (Å²) in [4.78, 5) is 23.5. The highest BCUT2D eigenvalue weighted by Crippen LogP contribution is 2.22. The molecule has 0 unspecified atom stereocenters. The van der Waals surface area contributed by atoms with Gasteiger partial charge in [-0.1, -0.05) is 18.2 Å². The van der Waals surface area contributed by atoms with Gasteiger partial charge in [0.15, 0.2) is 0 Å². The predicted molar refractivity (Wildman–Crippen MR) is 86.8 cm³/mol. The van der Waals surface area contributed by atoms with Crippen LogP contribution < -0.4 is 21.3 Å². The van der Waals surface area contributed by atoms with E-state index < -0.39 is 11.6 Å². The fourth-order valence-electron chi connectivity index (χ4n) is 1.98. The Morgan fingerprint density at radius 3 is 2.30 bits per heavy atom. The Kier molecular flexibility index (Phi) is 3.84. The largest absolute Gasteiger partial charge is 0.457 e. The number of carbonyl (C=O) groups excluding carboxylic acids is 1. The van der Waals surface area contributed by atoms with Gasteiger partial charge in [0.2, 0.25) is 0 Å². The molecule has 1 aromatic heterocycles. The Bertz CT molecular complexity index is 866. The van der Waals surface area contributed by atoms with Crippen LogP contribution >= 0.6 is 0 Å². The Hall–Kier alpha value is -3.48. The van der Waals surface area contributed by atoms with Gasteiger partial charge in [-0.05, 0) is 36.4 Å². The molecule has 0 aliphatic carbocycles. The molecular weight excluding hydrogens is 296 g/mol. The molecule has 0 saturated carbocycles. The number of rotatable bonds is 3. The topological polar surface area (TPSA) is 102 Å². The van der Waals surface area contributed by atoms with Crippen LogP contribution in [0.3, 0.4) is 0 Å². The molecule has 0 atom stereocenters. The highest BCUT2D eigenvalue weighted by Gasteiger charge is 2.09. The maximum Gasteiger partial charge on any atom is 0.348 e. The molecule has 1 heterocycles. The van der Waals surface area contributed by atoms with E-state index in [2.05, 4.69) is 10.4 Å². The molecule has 0 aliphatic heterocycles. The lowest BCUT2D eigenvalue weighted by molar-refractivity contribution is 0.250. The van der Waals surface area contributed by atoms with Crippen molar-refractivity contribution in [2.45, 2.75) is 0 Å². The molecule has 0 fully saturated rings. The number of aromatic nitrogens is 2. The average molecular weight is 310 g/mol. The van der Waals surface area contributed by atoms with Crippen LogP contribution in [0.1, 0.15) is 0 Å². The molecule has 7 nitrogen and oxygen atoms in total. The van der Waals surface area contributed by atoms with Crippen molar-refractivity contribution in [1.82, 2.24) is 9.78 Å². The first kappa shape index (κ1) is 14.5. The molecule has 116 valence electrons. The second-order valence-electron chi connectivity index (χ2n) is 4.75. The molecule has 0 aliphatic rings. The standard InChI is InChI=1S/C16H14N4O3/c17-14-10-15(21)20(19-14)16(22)18-11-6-8-13(9-7-11)23-12-4-2-1-3-5-12/h1-10,19H,17H2,(H,18,22). The lowest BCUT2D eigenvalue weighted by Crippen LogP contribution is -2.29. The van der Waals surface area contributed by atoms with E-state index in [4.69, 9.17) is 10.5 Å². The van der Waals surface area contributed by atoms with Crippen LogP contribution in [0.5, 0.6) is 11.5 Å². The second kappa shape index (κ2) is 6.10. The van der Waals surface area contributed by atoms with Crippen molar-refractivity contribution in [2.24, 2.45) is 0 Å². The lowest BCUT2D eigenvalue weighted by Gasteiger charge is -2.08. The third-order valence-corrected chi connectivity index (χ3v) is 3.03. The summed E-state index contributed by atoms with van der Waals surface area (Å²) in [7, 11) is 0. The first-order valence-corrected chi connectivity index (χ1v) is 6.84. The summed E-state index contributed by atoms with van der Waals surface area (Å²) in [6.45, 7) is 0. The molecule has 0 bridgehead atoms. The fraction of sp³-hybridized carbons (Fsp3) is 0. The molecule has 3 aromatic rings. The van der Waals surface area contributed by atoms with E-state index in [9.17, 15) is 9.59 Å². The van der Waals surface area contributed by atoms with Gasteiger partial charge in [-0.2, -0.15) is 4.68 Å². The van der Waals surface area contributed by atoms with Gasteiger partial charge in [0.05, 0.1) is 0 Å². The Labute approximate surface area is 131 Å². The number of aromatic amines is 1. The summed E-state index contributed by atoms with van der Waals surface area (Å²) < 4.78 is 6.45. The van der Waals surface area contributed by atoms with Crippen molar-refractivity contribution in [1.29, 1.82) is 0 Å². The zero-order valence-corrected chi connectivity index (χ0v) is 12.0. The number of amides is 1. The monoisotopic (exact) mass is 310 g/mol. The van der Waals surface area contributed by atoms with Gasteiger partial charge in [0.1, 0.15) is 17.3 Å². The van der Waals surface area contributed by atoms with Crippen molar-refractivity contribution < 1.29 is 9.53 Å². The molecule has 1 amide bonds. The number of nitrogens with one attached hydrogen (secondary N) is 2. The summed E-state index contributed by atoms with van der Waals surface area (Å²) in [6.07, 6.45) is 0. The van der Waals surface area contributed by atoms with Gasteiger partial charge in [-0.15, -0.1) is 0 Å². The molecule has 23 heavy (non-hydrogen) atoms. The number of nitrogens with two attached hydrogens (primary N) is 1. The maximum atomic E-state index is 12.0. The highest BCUT2D eigenvalue weighted by atomic mass is 16.5. The number of hydrogen-bond donors (Lipinski definition) is 3. The van der Waals surface area contributed by atoms with Crippen molar-refractivity contribution in [2.75, 3.05) is 11.1 Å². The van der Waals surface area contributed by atoms with Crippen molar-refractivity contribution >= 4 is 17.5 Å². The van der Waals surface area contributed by atoms with Crippen LogP contribution in [0.2, 0.25) is 0 Å². The third kappa shape index (κ3) is 3.41. The molecule has 0 radical (unpaired) electrons. The Morgan fingerprint density at radius 1 is 1.04 bits per heavy atom. The molecule has 0 spiro atoms. The fourth-order valence-corrected chi connectivity index (χ4v) is 1.98. The van der Waals surface area contributed by atoms with Gasteiger partial charge in [-0.25, -0.2) is 4.79 Å². The Balaban J connectivity index is 1.69. The van der Waals surface area contributed by atoms with Crippen molar-refractivity contribution in [3.63, 3.8) is 0 Å².